The van der Waals surface area contributed by atoms with Gasteiger partial charge in [-0.05, 0) is 43.2 Å². The van der Waals surface area contributed by atoms with Crippen LogP contribution in [0.2, 0.25) is 0 Å². The van der Waals surface area contributed by atoms with Crippen LogP contribution in [0.15, 0.2) is 73.1 Å². The summed E-state index contributed by atoms with van der Waals surface area (Å²) in [5.74, 6) is 0.265. The molecule has 1 N–H and O–H groups in total. The van der Waals surface area contributed by atoms with Gasteiger partial charge in [-0.25, -0.2) is 14.4 Å². The van der Waals surface area contributed by atoms with Crippen LogP contribution in [-0.4, -0.2) is 40.0 Å². The number of nitrogens with one attached hydrogen (secondary N) is 1. The van der Waals surface area contributed by atoms with E-state index in [1.165, 1.54) is 18.3 Å². The standard InChI is InChI=1S/C25H22FN5O/c26-20-6-3-5-17(14-20)22-9-8-19(16-27-22)24(32)29-21-10-12-31(13-11-21)25-28-15-18-4-1-2-7-23(18)30-25/h1-9,14-16,21H,10-13H2,(H,29,32). The van der Waals surface area contributed by atoms with Crippen molar-refractivity contribution in [3.8, 4) is 11.3 Å². The van der Waals surface area contributed by atoms with Crippen molar-refractivity contribution in [2.75, 3.05) is 18.0 Å². The summed E-state index contributed by atoms with van der Waals surface area (Å²) in [6.45, 7) is 1.56. The molecular formula is C25H22FN5O. The predicted molar refractivity (Wildman–Crippen MR) is 122 cm³/mol. The molecule has 0 bridgehead atoms. The molecule has 7 heteroatoms. The Morgan fingerprint density at radius 1 is 0.969 bits per heavy atom. The smallest absolute Gasteiger partial charge is 0.253 e. The van der Waals surface area contributed by atoms with Gasteiger partial charge in [-0.15, -0.1) is 0 Å². The number of fused-ring (bicyclic) bond motifs is 1. The lowest BCUT2D eigenvalue weighted by atomic mass is 10.0. The third-order valence-corrected chi connectivity index (χ3v) is 5.74. The van der Waals surface area contributed by atoms with Crippen molar-refractivity contribution in [3.63, 3.8) is 0 Å². The monoisotopic (exact) mass is 427 g/mol. The summed E-state index contributed by atoms with van der Waals surface area (Å²) in [5, 5.41) is 4.12. The van der Waals surface area contributed by atoms with Crippen LogP contribution in [0, 0.1) is 5.82 Å². The largest absolute Gasteiger partial charge is 0.349 e. The second-order valence-electron chi connectivity index (χ2n) is 7.91. The molecule has 0 atom stereocenters. The number of rotatable bonds is 4. The highest BCUT2D eigenvalue weighted by molar-refractivity contribution is 5.94. The van der Waals surface area contributed by atoms with Gasteiger partial charge in [-0.1, -0.05) is 30.3 Å². The zero-order valence-electron chi connectivity index (χ0n) is 17.4. The van der Waals surface area contributed by atoms with Crippen molar-refractivity contribution >= 4 is 22.8 Å². The Balaban J connectivity index is 1.19. The number of carbonyl (C=O) groups is 1. The molecular weight excluding hydrogens is 405 g/mol. The average Bonchev–Trinajstić information content (AvgIpc) is 2.84. The molecule has 5 rings (SSSR count). The molecule has 1 aliphatic heterocycles. The quantitative estimate of drug-likeness (QED) is 0.528. The molecule has 0 unspecified atom stereocenters. The first-order chi connectivity index (χ1) is 15.7. The molecule has 4 aromatic rings. The number of para-hydroxylation sites is 1. The second-order valence-corrected chi connectivity index (χ2v) is 7.91. The van der Waals surface area contributed by atoms with Gasteiger partial charge in [0.15, 0.2) is 0 Å². The zero-order chi connectivity index (χ0) is 21.9. The molecule has 1 fully saturated rings. The van der Waals surface area contributed by atoms with Crippen molar-refractivity contribution in [2.24, 2.45) is 0 Å². The van der Waals surface area contributed by atoms with Gasteiger partial charge in [0.2, 0.25) is 5.95 Å². The van der Waals surface area contributed by atoms with Crippen molar-refractivity contribution in [1.29, 1.82) is 0 Å². The van der Waals surface area contributed by atoms with E-state index in [1.54, 1.807) is 24.3 Å². The van der Waals surface area contributed by atoms with Crippen LogP contribution in [-0.2, 0) is 0 Å². The van der Waals surface area contributed by atoms with Crippen LogP contribution in [0.4, 0.5) is 10.3 Å². The second kappa shape index (κ2) is 8.70. The minimum atomic E-state index is -0.313. The molecule has 3 heterocycles. The maximum atomic E-state index is 13.4. The van der Waals surface area contributed by atoms with Gasteiger partial charge in [-0.2, -0.15) is 0 Å². The van der Waals surface area contributed by atoms with Crippen LogP contribution < -0.4 is 10.2 Å². The molecule has 32 heavy (non-hydrogen) atoms. The molecule has 2 aromatic carbocycles. The minimum absolute atomic E-state index is 0.0853. The summed E-state index contributed by atoms with van der Waals surface area (Å²) in [5.41, 5.74) is 2.73. The van der Waals surface area contributed by atoms with E-state index in [0.29, 0.717) is 16.8 Å². The van der Waals surface area contributed by atoms with E-state index in [1.807, 2.05) is 30.5 Å². The average molecular weight is 427 g/mol. The fraction of sp³-hybridized carbons (Fsp3) is 0.200. The van der Waals surface area contributed by atoms with E-state index in [4.69, 9.17) is 0 Å². The molecule has 0 radical (unpaired) electrons. The number of aromatic nitrogens is 3. The van der Waals surface area contributed by atoms with Gasteiger partial charge in [0, 0.05) is 42.5 Å². The number of amides is 1. The summed E-state index contributed by atoms with van der Waals surface area (Å²) in [4.78, 5) is 28.3. The Morgan fingerprint density at radius 3 is 2.59 bits per heavy atom. The lowest BCUT2D eigenvalue weighted by Crippen LogP contribution is -2.45. The molecule has 6 nitrogen and oxygen atoms in total. The fourth-order valence-electron chi connectivity index (χ4n) is 3.95. The maximum absolute atomic E-state index is 13.4. The highest BCUT2D eigenvalue weighted by Gasteiger charge is 2.23. The first kappa shape index (κ1) is 20.1. The first-order valence-electron chi connectivity index (χ1n) is 10.7. The Kier molecular flexibility index (Phi) is 5.46. The van der Waals surface area contributed by atoms with Crippen molar-refractivity contribution in [3.05, 3.63) is 84.4 Å². The number of anilines is 1. The number of hydrogen-bond acceptors (Lipinski definition) is 5. The first-order valence-corrected chi connectivity index (χ1v) is 10.7. The molecule has 160 valence electrons. The van der Waals surface area contributed by atoms with E-state index in [-0.39, 0.29) is 17.8 Å². The van der Waals surface area contributed by atoms with E-state index >= 15 is 0 Å². The van der Waals surface area contributed by atoms with Gasteiger partial charge in [-0.3, -0.25) is 9.78 Å². The van der Waals surface area contributed by atoms with Gasteiger partial charge in [0.05, 0.1) is 16.8 Å². The van der Waals surface area contributed by atoms with E-state index in [2.05, 4.69) is 25.2 Å². The number of piperidine rings is 1. The molecule has 0 aliphatic carbocycles. The summed E-state index contributed by atoms with van der Waals surface area (Å²) < 4.78 is 13.4. The van der Waals surface area contributed by atoms with Crippen LogP contribution in [0.5, 0.6) is 0 Å². The number of nitrogens with zero attached hydrogens (tertiary/aromatic N) is 4. The maximum Gasteiger partial charge on any atom is 0.253 e. The fourth-order valence-corrected chi connectivity index (χ4v) is 3.95. The third-order valence-electron chi connectivity index (χ3n) is 5.74. The lowest BCUT2D eigenvalue weighted by Gasteiger charge is -2.32. The third kappa shape index (κ3) is 4.27. The molecule has 1 amide bonds. The van der Waals surface area contributed by atoms with Gasteiger partial charge < -0.3 is 10.2 Å². The lowest BCUT2D eigenvalue weighted by molar-refractivity contribution is 0.0930. The summed E-state index contributed by atoms with van der Waals surface area (Å²) in [7, 11) is 0. The predicted octanol–water partition coefficient (Wildman–Crippen LogP) is 4.23. The van der Waals surface area contributed by atoms with Gasteiger partial charge in [0.1, 0.15) is 5.82 Å². The number of carbonyl (C=O) groups excluding carboxylic acids is 1. The van der Waals surface area contributed by atoms with E-state index in [9.17, 15) is 9.18 Å². The van der Waals surface area contributed by atoms with Crippen LogP contribution >= 0.6 is 0 Å². The highest BCUT2D eigenvalue weighted by atomic mass is 19.1. The van der Waals surface area contributed by atoms with Crippen molar-refractivity contribution in [2.45, 2.75) is 18.9 Å². The van der Waals surface area contributed by atoms with E-state index in [0.717, 1.165) is 42.8 Å². The normalized spacial score (nSPS) is 14.5. The molecule has 0 spiro atoms. The number of pyridine rings is 1. The minimum Gasteiger partial charge on any atom is -0.349 e. The molecule has 0 saturated carbocycles. The van der Waals surface area contributed by atoms with Crippen LogP contribution in [0.25, 0.3) is 22.2 Å². The Labute approximate surface area is 185 Å². The molecule has 2 aromatic heterocycles. The van der Waals surface area contributed by atoms with E-state index < -0.39 is 0 Å². The van der Waals surface area contributed by atoms with Crippen LogP contribution in [0.1, 0.15) is 23.2 Å². The Morgan fingerprint density at radius 2 is 1.81 bits per heavy atom. The highest BCUT2D eigenvalue weighted by Crippen LogP contribution is 2.20. The van der Waals surface area contributed by atoms with Crippen LogP contribution in [0.3, 0.4) is 0 Å². The molecule has 1 aliphatic rings. The summed E-state index contributed by atoms with van der Waals surface area (Å²) >= 11 is 0. The number of benzene rings is 2. The Hall–Kier alpha value is -3.87. The zero-order valence-corrected chi connectivity index (χ0v) is 17.4. The summed E-state index contributed by atoms with van der Waals surface area (Å²) in [6.07, 6.45) is 5.02. The number of halogens is 1. The van der Waals surface area contributed by atoms with Crippen molar-refractivity contribution < 1.29 is 9.18 Å². The van der Waals surface area contributed by atoms with Gasteiger partial charge >= 0.3 is 0 Å². The summed E-state index contributed by atoms with van der Waals surface area (Å²) in [6, 6.07) is 17.7. The topological polar surface area (TPSA) is 71.0 Å². The van der Waals surface area contributed by atoms with Gasteiger partial charge in [0.25, 0.3) is 5.91 Å². The SMILES string of the molecule is O=C(NC1CCN(c2ncc3ccccc3n2)CC1)c1ccc(-c2cccc(F)c2)nc1. The Bertz CT molecular complexity index is 1250. The number of hydrogen-bond donors (Lipinski definition) is 1. The molecule has 1 saturated heterocycles. The van der Waals surface area contributed by atoms with Crippen molar-refractivity contribution in [1.82, 2.24) is 20.3 Å².